The van der Waals surface area contributed by atoms with Crippen LogP contribution in [0.15, 0.2) is 39.9 Å². The number of hydrogen-bond donors (Lipinski definition) is 0. The van der Waals surface area contributed by atoms with Gasteiger partial charge in [0.1, 0.15) is 0 Å². The molecule has 13 heavy (non-hydrogen) atoms. The molecule has 0 aromatic heterocycles. The van der Waals surface area contributed by atoms with Crippen molar-refractivity contribution < 1.29 is 0 Å². The molecule has 2 aliphatic heterocycles. The Labute approximate surface area is 82.3 Å². The average molecular weight is 189 g/mol. The summed E-state index contributed by atoms with van der Waals surface area (Å²) in [6.45, 7) is 0. The van der Waals surface area contributed by atoms with E-state index >= 15 is 0 Å². The maximum absolute atomic E-state index is 4.48. The smallest absolute Gasteiger partial charge is 0.0517 e. The summed E-state index contributed by atoms with van der Waals surface area (Å²) in [6, 6.07) is 0. The van der Waals surface area contributed by atoms with E-state index in [-0.39, 0.29) is 5.41 Å². The van der Waals surface area contributed by atoms with Gasteiger partial charge in [-0.1, -0.05) is 12.2 Å². The van der Waals surface area contributed by atoms with Gasteiger partial charge >= 0.3 is 0 Å². The van der Waals surface area contributed by atoms with Crippen LogP contribution in [0.2, 0.25) is 0 Å². The molecule has 66 valence electrons. The molecule has 2 heterocycles. The molecule has 0 aromatic carbocycles. The number of rotatable bonds is 0. The minimum atomic E-state index is 0.286. The van der Waals surface area contributed by atoms with E-state index in [0.29, 0.717) is 0 Å². The monoisotopic (exact) mass is 189 g/mol. The van der Waals surface area contributed by atoms with E-state index in [1.54, 1.807) is 0 Å². The number of dihydropyridines is 1. The summed E-state index contributed by atoms with van der Waals surface area (Å²) in [5, 5.41) is 0. The zero-order valence-corrected chi connectivity index (χ0v) is 8.18. The third-order valence-corrected chi connectivity index (χ3v) is 4.29. The molecule has 1 atom stereocenters. The van der Waals surface area contributed by atoms with Crippen molar-refractivity contribution in [2.24, 2.45) is 10.4 Å². The highest BCUT2D eigenvalue weighted by Gasteiger charge is 2.43. The SMILES string of the molecule is C1=CCC23CCSC2=CC=NC3=C1. The molecular formula is C11H11NS. The van der Waals surface area contributed by atoms with Gasteiger partial charge in [0.2, 0.25) is 0 Å². The zero-order valence-electron chi connectivity index (χ0n) is 7.36. The maximum Gasteiger partial charge on any atom is 0.0517 e. The van der Waals surface area contributed by atoms with Gasteiger partial charge in [0.05, 0.1) is 5.70 Å². The number of nitrogens with zero attached hydrogens (tertiary/aromatic N) is 1. The largest absolute Gasteiger partial charge is 0.260 e. The minimum absolute atomic E-state index is 0.286. The summed E-state index contributed by atoms with van der Waals surface area (Å²) in [5.74, 6) is 1.25. The van der Waals surface area contributed by atoms with Crippen LogP contribution in [0.3, 0.4) is 0 Å². The standard InChI is InChI=1S/C11H11NS/c1-2-5-11-6-8-13-10(11)4-7-12-9(11)3-1/h1-4,7H,5-6,8H2. The Hall–Kier alpha value is -0.760. The summed E-state index contributed by atoms with van der Waals surface area (Å²) in [6.07, 6.45) is 13.1. The molecule has 0 amide bonds. The van der Waals surface area contributed by atoms with Gasteiger partial charge in [-0.3, -0.25) is 4.99 Å². The molecule has 3 aliphatic rings. The van der Waals surface area contributed by atoms with Crippen LogP contribution in [-0.2, 0) is 0 Å². The predicted octanol–water partition coefficient (Wildman–Crippen LogP) is 2.92. The normalized spacial score (nSPS) is 35.1. The molecule has 3 rings (SSSR count). The van der Waals surface area contributed by atoms with Gasteiger partial charge in [0.25, 0.3) is 0 Å². The van der Waals surface area contributed by atoms with Crippen LogP contribution in [0, 0.1) is 5.41 Å². The molecular weight excluding hydrogens is 178 g/mol. The van der Waals surface area contributed by atoms with Crippen molar-refractivity contribution in [1.29, 1.82) is 0 Å². The van der Waals surface area contributed by atoms with Crippen molar-refractivity contribution in [3.05, 3.63) is 34.9 Å². The molecule has 1 unspecified atom stereocenters. The molecule has 1 aliphatic carbocycles. The van der Waals surface area contributed by atoms with Crippen molar-refractivity contribution in [1.82, 2.24) is 0 Å². The van der Waals surface area contributed by atoms with Crippen molar-refractivity contribution in [2.75, 3.05) is 5.75 Å². The van der Waals surface area contributed by atoms with Crippen molar-refractivity contribution in [3.8, 4) is 0 Å². The number of thioether (sulfide) groups is 1. The topological polar surface area (TPSA) is 12.4 Å². The van der Waals surface area contributed by atoms with Gasteiger partial charge in [-0.05, 0) is 35.7 Å². The molecule has 0 radical (unpaired) electrons. The van der Waals surface area contributed by atoms with E-state index in [2.05, 4.69) is 29.3 Å². The lowest BCUT2D eigenvalue weighted by Gasteiger charge is -2.33. The molecule has 1 spiro atoms. The summed E-state index contributed by atoms with van der Waals surface area (Å²) in [4.78, 5) is 6.01. The fraction of sp³-hybridized carbons (Fsp3) is 0.364. The van der Waals surface area contributed by atoms with Crippen LogP contribution >= 0.6 is 11.8 Å². The summed E-state index contributed by atoms with van der Waals surface area (Å²) >= 11 is 2.00. The number of allylic oxidation sites excluding steroid dienone is 5. The molecule has 0 N–H and O–H groups in total. The third-order valence-electron chi connectivity index (χ3n) is 3.04. The predicted molar refractivity (Wildman–Crippen MR) is 57.9 cm³/mol. The fourth-order valence-electron chi connectivity index (χ4n) is 2.31. The fourth-order valence-corrected chi connectivity index (χ4v) is 3.70. The molecule has 1 nitrogen and oxygen atoms in total. The van der Waals surface area contributed by atoms with E-state index in [1.807, 2.05) is 18.0 Å². The second kappa shape index (κ2) is 2.61. The van der Waals surface area contributed by atoms with E-state index in [4.69, 9.17) is 0 Å². The summed E-state index contributed by atoms with van der Waals surface area (Å²) in [5.41, 5.74) is 1.56. The lowest BCUT2D eigenvalue weighted by Crippen LogP contribution is -2.23. The Kier molecular flexibility index (Phi) is 1.53. The van der Waals surface area contributed by atoms with Gasteiger partial charge in [-0.15, -0.1) is 11.8 Å². The maximum atomic E-state index is 4.48. The number of aliphatic imine (C=N–C) groups is 1. The van der Waals surface area contributed by atoms with Crippen LogP contribution in [0.5, 0.6) is 0 Å². The van der Waals surface area contributed by atoms with E-state index in [1.165, 1.54) is 22.8 Å². The van der Waals surface area contributed by atoms with E-state index in [0.717, 1.165) is 6.42 Å². The van der Waals surface area contributed by atoms with Crippen LogP contribution < -0.4 is 0 Å². The quantitative estimate of drug-likeness (QED) is 0.570. The first-order valence-corrected chi connectivity index (χ1v) is 5.65. The van der Waals surface area contributed by atoms with Crippen LogP contribution in [0.25, 0.3) is 0 Å². The molecule has 1 saturated heterocycles. The van der Waals surface area contributed by atoms with Crippen LogP contribution in [0.1, 0.15) is 12.8 Å². The summed E-state index contributed by atoms with van der Waals surface area (Å²) < 4.78 is 0. The first kappa shape index (κ1) is 7.63. The van der Waals surface area contributed by atoms with Gasteiger partial charge in [0, 0.05) is 11.6 Å². The van der Waals surface area contributed by atoms with Gasteiger partial charge in [-0.25, -0.2) is 0 Å². The van der Waals surface area contributed by atoms with E-state index in [9.17, 15) is 0 Å². The Balaban J connectivity index is 2.16. The number of hydrogen-bond acceptors (Lipinski definition) is 2. The van der Waals surface area contributed by atoms with Crippen LogP contribution in [-0.4, -0.2) is 12.0 Å². The zero-order chi connectivity index (χ0) is 8.73. The van der Waals surface area contributed by atoms with Crippen LogP contribution in [0.4, 0.5) is 0 Å². The first-order chi connectivity index (χ1) is 6.42. The molecule has 0 bridgehead atoms. The van der Waals surface area contributed by atoms with Crippen molar-refractivity contribution >= 4 is 18.0 Å². The van der Waals surface area contributed by atoms with Gasteiger partial charge in [0.15, 0.2) is 0 Å². The van der Waals surface area contributed by atoms with Gasteiger partial charge < -0.3 is 0 Å². The van der Waals surface area contributed by atoms with E-state index < -0.39 is 0 Å². The third kappa shape index (κ3) is 0.923. The highest BCUT2D eigenvalue weighted by Crippen LogP contribution is 2.56. The molecule has 1 fully saturated rings. The average Bonchev–Trinajstić information content (AvgIpc) is 2.58. The molecule has 2 heteroatoms. The van der Waals surface area contributed by atoms with Gasteiger partial charge in [-0.2, -0.15) is 0 Å². The Morgan fingerprint density at radius 2 is 2.38 bits per heavy atom. The lowest BCUT2D eigenvalue weighted by molar-refractivity contribution is 0.446. The first-order valence-electron chi connectivity index (χ1n) is 4.67. The highest BCUT2D eigenvalue weighted by molar-refractivity contribution is 8.03. The molecule has 0 aromatic rings. The van der Waals surface area contributed by atoms with Crippen molar-refractivity contribution in [3.63, 3.8) is 0 Å². The Bertz CT molecular complexity index is 362. The van der Waals surface area contributed by atoms with Crippen molar-refractivity contribution in [2.45, 2.75) is 12.8 Å². The minimum Gasteiger partial charge on any atom is -0.260 e. The Morgan fingerprint density at radius 3 is 3.38 bits per heavy atom. The second-order valence-electron chi connectivity index (χ2n) is 3.67. The summed E-state index contributed by atoms with van der Waals surface area (Å²) in [7, 11) is 0. The lowest BCUT2D eigenvalue weighted by atomic mass is 9.75. The Morgan fingerprint density at radius 1 is 1.38 bits per heavy atom. The highest BCUT2D eigenvalue weighted by atomic mass is 32.2. The second-order valence-corrected chi connectivity index (χ2v) is 4.81. The molecule has 0 saturated carbocycles.